The van der Waals surface area contributed by atoms with E-state index >= 15 is 0 Å². The number of ether oxygens (including phenoxy) is 1. The van der Waals surface area contributed by atoms with E-state index in [1.807, 2.05) is 24.3 Å². The molecule has 2 unspecified atom stereocenters. The number of piperidine rings is 1. The van der Waals surface area contributed by atoms with E-state index in [1.165, 1.54) is 17.0 Å². The lowest BCUT2D eigenvalue weighted by atomic mass is 9.87. The molecule has 3 aromatic carbocycles. The zero-order valence-corrected chi connectivity index (χ0v) is 15.8. The van der Waals surface area contributed by atoms with Crippen LogP contribution in [0.3, 0.4) is 0 Å². The molecule has 0 aliphatic carbocycles. The Morgan fingerprint density at radius 1 is 1.17 bits per heavy atom. The molecule has 2 atom stereocenters. The normalized spacial score (nSPS) is 19.4. The molecule has 29 heavy (non-hydrogen) atoms. The summed E-state index contributed by atoms with van der Waals surface area (Å²) in [7, 11) is 0. The number of benzene rings is 3. The number of halogens is 1. The number of phenols is 1. The molecule has 1 aliphatic rings. The summed E-state index contributed by atoms with van der Waals surface area (Å²) in [4.78, 5) is 12.6. The monoisotopic (exact) mass is 394 g/mol. The van der Waals surface area contributed by atoms with E-state index in [-0.39, 0.29) is 30.1 Å². The Bertz CT molecular complexity index is 1020. The van der Waals surface area contributed by atoms with Crippen LogP contribution in [0.1, 0.15) is 23.5 Å². The van der Waals surface area contributed by atoms with Gasteiger partial charge in [0.25, 0.3) is 0 Å². The highest BCUT2D eigenvalue weighted by Gasteiger charge is 2.31. The molecule has 0 spiro atoms. The maximum atomic E-state index is 13.3. The molecule has 150 valence electrons. The lowest BCUT2D eigenvalue weighted by Gasteiger charge is -2.40. The Hall–Kier alpha value is -3.12. The van der Waals surface area contributed by atoms with Crippen LogP contribution in [0.4, 0.5) is 9.18 Å². The number of carboxylic acid groups (broad SMARTS) is 1. The van der Waals surface area contributed by atoms with Gasteiger partial charge in [0.1, 0.15) is 17.7 Å². The molecule has 0 radical (unpaired) electrons. The summed E-state index contributed by atoms with van der Waals surface area (Å²) in [6, 6.07) is 17.3. The Morgan fingerprint density at radius 2 is 1.97 bits per heavy atom. The van der Waals surface area contributed by atoms with Crippen molar-refractivity contribution >= 4 is 16.9 Å². The molecule has 1 amide bonds. The second kappa shape index (κ2) is 8.09. The van der Waals surface area contributed by atoms with E-state index in [1.54, 1.807) is 24.3 Å². The van der Waals surface area contributed by atoms with E-state index in [0.717, 1.165) is 21.9 Å². The molecule has 1 saturated heterocycles. The zero-order valence-electron chi connectivity index (χ0n) is 15.8. The average molecular weight is 394 g/mol. The fourth-order valence-corrected chi connectivity index (χ4v) is 3.95. The molecular formula is C23H21FNO4-. The summed E-state index contributed by atoms with van der Waals surface area (Å²) in [5.74, 6) is -0.114. The summed E-state index contributed by atoms with van der Waals surface area (Å²) in [5.41, 5.74) is 1.85. The van der Waals surface area contributed by atoms with Crippen LogP contribution in [0.2, 0.25) is 0 Å². The van der Waals surface area contributed by atoms with E-state index in [9.17, 15) is 19.4 Å². The molecule has 1 N–H and O–H groups in total. The number of likely N-dealkylation sites (tertiary alicyclic amines) is 1. The maximum absolute atomic E-state index is 13.3. The first-order valence-corrected chi connectivity index (χ1v) is 9.55. The van der Waals surface area contributed by atoms with Crippen molar-refractivity contribution in [3.8, 4) is 5.75 Å². The lowest BCUT2D eigenvalue weighted by molar-refractivity contribution is -0.268. The smallest absolute Gasteiger partial charge is 0.137 e. The Labute approximate surface area is 168 Å². The van der Waals surface area contributed by atoms with Gasteiger partial charge in [-0.25, -0.2) is 4.39 Å². The molecule has 1 aliphatic heterocycles. The third-order valence-corrected chi connectivity index (χ3v) is 5.50. The molecule has 4 rings (SSSR count). The molecule has 0 saturated carbocycles. The van der Waals surface area contributed by atoms with Gasteiger partial charge >= 0.3 is 0 Å². The van der Waals surface area contributed by atoms with Crippen LogP contribution >= 0.6 is 0 Å². The molecule has 0 aromatic heterocycles. The molecule has 3 aromatic rings. The topological polar surface area (TPSA) is 72.8 Å². The van der Waals surface area contributed by atoms with Crippen LogP contribution in [0.25, 0.3) is 10.8 Å². The fraction of sp³-hybridized carbons (Fsp3) is 0.261. The van der Waals surface area contributed by atoms with Crippen molar-refractivity contribution in [2.75, 3.05) is 13.1 Å². The van der Waals surface area contributed by atoms with Gasteiger partial charge in [0.05, 0.1) is 12.7 Å². The third kappa shape index (κ3) is 4.17. The second-order valence-electron chi connectivity index (χ2n) is 7.34. The SMILES string of the molecule is O=C([O-])N1CCC(c2ccc(F)cc2)C(OCc2ccc3c(O)cccc3c2)C1. The highest BCUT2D eigenvalue weighted by molar-refractivity contribution is 5.88. The zero-order chi connectivity index (χ0) is 20.4. The van der Waals surface area contributed by atoms with E-state index in [4.69, 9.17) is 4.74 Å². The van der Waals surface area contributed by atoms with Gasteiger partial charge in [-0.05, 0) is 47.2 Å². The third-order valence-electron chi connectivity index (χ3n) is 5.50. The Kier molecular flexibility index (Phi) is 5.36. The van der Waals surface area contributed by atoms with Crippen molar-refractivity contribution in [1.29, 1.82) is 0 Å². The van der Waals surface area contributed by atoms with Crippen molar-refractivity contribution in [3.05, 3.63) is 77.6 Å². The van der Waals surface area contributed by atoms with Gasteiger partial charge < -0.3 is 24.6 Å². The van der Waals surface area contributed by atoms with Crippen molar-refractivity contribution in [1.82, 2.24) is 4.90 Å². The van der Waals surface area contributed by atoms with Gasteiger partial charge in [-0.3, -0.25) is 0 Å². The van der Waals surface area contributed by atoms with Crippen molar-refractivity contribution < 1.29 is 24.1 Å². The minimum Gasteiger partial charge on any atom is -0.530 e. The highest BCUT2D eigenvalue weighted by Crippen LogP contribution is 2.32. The molecular weight excluding hydrogens is 373 g/mol. The average Bonchev–Trinajstić information content (AvgIpc) is 2.73. The number of rotatable bonds is 4. The number of hydrogen-bond donors (Lipinski definition) is 1. The van der Waals surface area contributed by atoms with Crippen LogP contribution in [0.5, 0.6) is 5.75 Å². The number of phenolic OH excluding ortho intramolecular Hbond substituents is 1. The first-order valence-electron chi connectivity index (χ1n) is 9.55. The first kappa shape index (κ1) is 19.2. The summed E-state index contributed by atoms with van der Waals surface area (Å²) in [6.07, 6.45) is -1.00. The molecule has 5 nitrogen and oxygen atoms in total. The lowest BCUT2D eigenvalue weighted by Crippen LogP contribution is -2.51. The Balaban J connectivity index is 1.54. The number of amides is 1. The van der Waals surface area contributed by atoms with E-state index in [2.05, 4.69) is 0 Å². The largest absolute Gasteiger partial charge is 0.530 e. The van der Waals surface area contributed by atoms with Gasteiger partial charge in [-0.2, -0.15) is 0 Å². The number of aromatic hydroxyl groups is 1. The molecule has 1 heterocycles. The van der Waals surface area contributed by atoms with Crippen molar-refractivity contribution in [3.63, 3.8) is 0 Å². The minimum atomic E-state index is -1.21. The maximum Gasteiger partial charge on any atom is 0.137 e. The Morgan fingerprint density at radius 3 is 2.72 bits per heavy atom. The number of nitrogens with zero attached hydrogens (tertiary/aromatic N) is 1. The standard InChI is InChI=1S/C23H22FNO4/c24-18-7-5-16(6-8-18)20-10-11-25(23(27)28)13-22(20)29-14-15-4-9-19-17(12-15)2-1-3-21(19)26/h1-9,12,20,22,26H,10-11,13-14H2,(H,27,28)/p-1. The van der Waals surface area contributed by atoms with Crippen LogP contribution < -0.4 is 5.11 Å². The summed E-state index contributed by atoms with van der Waals surface area (Å²) >= 11 is 0. The summed E-state index contributed by atoms with van der Waals surface area (Å²) < 4.78 is 19.4. The highest BCUT2D eigenvalue weighted by atomic mass is 19.1. The van der Waals surface area contributed by atoms with Crippen LogP contribution in [0.15, 0.2) is 60.7 Å². The van der Waals surface area contributed by atoms with Gasteiger partial charge in [-0.15, -0.1) is 0 Å². The summed E-state index contributed by atoms with van der Waals surface area (Å²) in [6.45, 7) is 0.868. The second-order valence-corrected chi connectivity index (χ2v) is 7.34. The van der Waals surface area contributed by atoms with Crippen molar-refractivity contribution in [2.45, 2.75) is 25.0 Å². The predicted octanol–water partition coefficient (Wildman–Crippen LogP) is 3.40. The first-order chi connectivity index (χ1) is 14.0. The molecule has 6 heteroatoms. The quantitative estimate of drug-likeness (QED) is 0.736. The number of carbonyl (C=O) groups is 1. The number of carbonyl (C=O) groups excluding carboxylic acids is 1. The minimum absolute atomic E-state index is 0.0318. The number of fused-ring (bicyclic) bond motifs is 1. The summed E-state index contributed by atoms with van der Waals surface area (Å²) in [5, 5.41) is 22.9. The van der Waals surface area contributed by atoms with E-state index in [0.29, 0.717) is 19.6 Å². The van der Waals surface area contributed by atoms with Gasteiger partial charge in [0.2, 0.25) is 0 Å². The van der Waals surface area contributed by atoms with E-state index < -0.39 is 6.09 Å². The molecule has 0 bridgehead atoms. The molecule has 1 fully saturated rings. The van der Waals surface area contributed by atoms with Crippen LogP contribution in [0, 0.1) is 5.82 Å². The van der Waals surface area contributed by atoms with Gasteiger partial charge in [-0.1, -0.05) is 36.4 Å². The van der Waals surface area contributed by atoms with Gasteiger partial charge in [0.15, 0.2) is 0 Å². The predicted molar refractivity (Wildman–Crippen MR) is 105 cm³/mol. The van der Waals surface area contributed by atoms with Gasteiger partial charge in [0, 0.05) is 24.4 Å². The number of hydrogen-bond acceptors (Lipinski definition) is 4. The van der Waals surface area contributed by atoms with Crippen LogP contribution in [-0.2, 0) is 11.3 Å². The van der Waals surface area contributed by atoms with Crippen LogP contribution in [-0.4, -0.2) is 35.3 Å². The van der Waals surface area contributed by atoms with Crippen molar-refractivity contribution in [2.24, 2.45) is 0 Å². The fourth-order valence-electron chi connectivity index (χ4n) is 3.95.